The van der Waals surface area contributed by atoms with E-state index in [-0.39, 0.29) is 6.61 Å². The van der Waals surface area contributed by atoms with Crippen LogP contribution in [0.4, 0.5) is 0 Å². The van der Waals surface area contributed by atoms with E-state index in [1.807, 2.05) is 50.2 Å². The summed E-state index contributed by atoms with van der Waals surface area (Å²) in [7, 11) is 0. The average molecular weight is 275 g/mol. The first-order chi connectivity index (χ1) is 9.65. The third-order valence-electron chi connectivity index (χ3n) is 3.00. The summed E-state index contributed by atoms with van der Waals surface area (Å²) < 4.78 is 11.0. The molecule has 1 atom stereocenters. The van der Waals surface area contributed by atoms with Crippen LogP contribution in [0.2, 0.25) is 0 Å². The van der Waals surface area contributed by atoms with Crippen molar-refractivity contribution in [3.05, 3.63) is 53.5 Å². The Morgan fingerprint density at radius 1 is 1.20 bits per heavy atom. The van der Waals surface area contributed by atoms with Gasteiger partial charge in [0.1, 0.15) is 30.0 Å². The molecule has 2 rings (SSSR count). The van der Waals surface area contributed by atoms with E-state index < -0.39 is 6.10 Å². The van der Waals surface area contributed by atoms with Crippen LogP contribution < -0.4 is 10.1 Å². The molecule has 1 aromatic heterocycles. The van der Waals surface area contributed by atoms with Crippen molar-refractivity contribution >= 4 is 0 Å². The van der Waals surface area contributed by atoms with Gasteiger partial charge in [-0.3, -0.25) is 0 Å². The summed E-state index contributed by atoms with van der Waals surface area (Å²) in [6, 6.07) is 11.6. The highest BCUT2D eigenvalue weighted by molar-refractivity contribution is 5.31. The van der Waals surface area contributed by atoms with E-state index in [0.29, 0.717) is 13.1 Å². The summed E-state index contributed by atoms with van der Waals surface area (Å²) in [5, 5.41) is 13.0. The predicted molar refractivity (Wildman–Crippen MR) is 77.8 cm³/mol. The van der Waals surface area contributed by atoms with Gasteiger partial charge in [0.25, 0.3) is 0 Å². The Hall–Kier alpha value is -1.78. The molecule has 108 valence electrons. The monoisotopic (exact) mass is 275 g/mol. The highest BCUT2D eigenvalue weighted by Gasteiger charge is 2.07. The molecular formula is C16H21NO3. The van der Waals surface area contributed by atoms with Crippen LogP contribution in [0.15, 0.2) is 40.8 Å². The fourth-order valence-corrected chi connectivity index (χ4v) is 1.91. The van der Waals surface area contributed by atoms with Crippen LogP contribution in [0.5, 0.6) is 5.75 Å². The number of hydrogen-bond acceptors (Lipinski definition) is 4. The molecule has 0 aliphatic carbocycles. The van der Waals surface area contributed by atoms with Crippen LogP contribution in [0.3, 0.4) is 0 Å². The van der Waals surface area contributed by atoms with Crippen molar-refractivity contribution in [2.45, 2.75) is 26.5 Å². The zero-order valence-electron chi connectivity index (χ0n) is 11.9. The van der Waals surface area contributed by atoms with Crippen molar-refractivity contribution in [3.63, 3.8) is 0 Å². The Kier molecular flexibility index (Phi) is 5.21. The van der Waals surface area contributed by atoms with Crippen LogP contribution in [0.25, 0.3) is 0 Å². The zero-order chi connectivity index (χ0) is 14.4. The minimum absolute atomic E-state index is 0.273. The van der Waals surface area contributed by atoms with Gasteiger partial charge in [-0.2, -0.15) is 0 Å². The number of furan rings is 1. The first-order valence-electron chi connectivity index (χ1n) is 6.77. The molecule has 4 heteroatoms. The summed E-state index contributed by atoms with van der Waals surface area (Å²) in [5.41, 5.74) is 1.07. The number of ether oxygens (including phenoxy) is 1. The smallest absolute Gasteiger partial charge is 0.122 e. The zero-order valence-corrected chi connectivity index (χ0v) is 11.9. The molecule has 0 bridgehead atoms. The van der Waals surface area contributed by atoms with Crippen LogP contribution in [0, 0.1) is 13.8 Å². The third kappa shape index (κ3) is 4.40. The minimum Gasteiger partial charge on any atom is -0.491 e. The Morgan fingerprint density at radius 3 is 2.70 bits per heavy atom. The molecule has 0 fully saturated rings. The van der Waals surface area contributed by atoms with Gasteiger partial charge in [-0.1, -0.05) is 18.2 Å². The quantitative estimate of drug-likeness (QED) is 0.815. The van der Waals surface area contributed by atoms with E-state index >= 15 is 0 Å². The maximum atomic E-state index is 9.87. The fraction of sp³-hybridized carbons (Fsp3) is 0.375. The van der Waals surface area contributed by atoms with E-state index in [1.54, 1.807) is 0 Å². The topological polar surface area (TPSA) is 54.6 Å². The summed E-state index contributed by atoms with van der Waals surface area (Å²) in [6.07, 6.45) is -0.550. The molecule has 2 N–H and O–H groups in total. The molecular weight excluding hydrogens is 254 g/mol. The number of benzene rings is 1. The summed E-state index contributed by atoms with van der Waals surface area (Å²) >= 11 is 0. The first kappa shape index (κ1) is 14.6. The molecule has 0 saturated heterocycles. The van der Waals surface area contributed by atoms with Gasteiger partial charge in [-0.15, -0.1) is 0 Å². The lowest BCUT2D eigenvalue weighted by Gasteiger charge is -2.14. The van der Waals surface area contributed by atoms with E-state index in [0.717, 1.165) is 22.8 Å². The van der Waals surface area contributed by atoms with Gasteiger partial charge in [0.15, 0.2) is 0 Å². The van der Waals surface area contributed by atoms with Crippen LogP contribution >= 0.6 is 0 Å². The van der Waals surface area contributed by atoms with Crippen molar-refractivity contribution in [2.75, 3.05) is 13.2 Å². The van der Waals surface area contributed by atoms with Crippen molar-refractivity contribution in [2.24, 2.45) is 0 Å². The maximum Gasteiger partial charge on any atom is 0.122 e. The number of hydrogen-bond donors (Lipinski definition) is 2. The molecule has 0 aliphatic rings. The van der Waals surface area contributed by atoms with Gasteiger partial charge >= 0.3 is 0 Å². The molecule has 4 nitrogen and oxygen atoms in total. The first-order valence-corrected chi connectivity index (χ1v) is 6.77. The number of para-hydroxylation sites is 1. The van der Waals surface area contributed by atoms with Crippen LogP contribution in [-0.4, -0.2) is 24.4 Å². The van der Waals surface area contributed by atoms with Gasteiger partial charge in [0.2, 0.25) is 0 Å². The largest absolute Gasteiger partial charge is 0.491 e. The van der Waals surface area contributed by atoms with Crippen LogP contribution in [0.1, 0.15) is 17.1 Å². The Morgan fingerprint density at radius 2 is 2.00 bits per heavy atom. The maximum absolute atomic E-state index is 9.87. The predicted octanol–water partition coefficient (Wildman–Crippen LogP) is 2.43. The summed E-state index contributed by atoms with van der Waals surface area (Å²) in [5.74, 6) is 2.58. The molecule has 0 aliphatic heterocycles. The number of nitrogens with one attached hydrogen (secondary N) is 1. The van der Waals surface area contributed by atoms with Gasteiger partial charge in [0, 0.05) is 6.54 Å². The van der Waals surface area contributed by atoms with Gasteiger partial charge < -0.3 is 19.6 Å². The molecule has 1 heterocycles. The van der Waals surface area contributed by atoms with E-state index in [1.165, 1.54) is 0 Å². The van der Waals surface area contributed by atoms with Crippen molar-refractivity contribution in [1.82, 2.24) is 5.32 Å². The van der Waals surface area contributed by atoms with E-state index in [4.69, 9.17) is 9.15 Å². The second-order valence-electron chi connectivity index (χ2n) is 4.87. The molecule has 0 saturated carbocycles. The number of aryl methyl sites for hydroxylation is 2. The lowest BCUT2D eigenvalue weighted by molar-refractivity contribution is 0.105. The average Bonchev–Trinajstić information content (AvgIpc) is 2.83. The number of rotatable bonds is 7. The molecule has 0 amide bonds. The van der Waals surface area contributed by atoms with Gasteiger partial charge in [0.05, 0.1) is 6.54 Å². The lowest BCUT2D eigenvalue weighted by Crippen LogP contribution is -2.31. The Labute approximate surface area is 119 Å². The van der Waals surface area contributed by atoms with E-state index in [9.17, 15) is 5.11 Å². The molecule has 1 aromatic carbocycles. The number of aliphatic hydroxyl groups excluding tert-OH is 1. The van der Waals surface area contributed by atoms with Gasteiger partial charge in [-0.05, 0) is 37.6 Å². The molecule has 20 heavy (non-hydrogen) atoms. The third-order valence-corrected chi connectivity index (χ3v) is 3.00. The molecule has 0 radical (unpaired) electrons. The van der Waals surface area contributed by atoms with Gasteiger partial charge in [-0.25, -0.2) is 0 Å². The lowest BCUT2D eigenvalue weighted by atomic mass is 10.2. The second-order valence-corrected chi connectivity index (χ2v) is 4.87. The summed E-state index contributed by atoms with van der Waals surface area (Å²) in [6.45, 7) is 5.24. The van der Waals surface area contributed by atoms with Crippen molar-refractivity contribution in [1.29, 1.82) is 0 Å². The fourth-order valence-electron chi connectivity index (χ4n) is 1.91. The normalized spacial score (nSPS) is 12.3. The highest BCUT2D eigenvalue weighted by Crippen LogP contribution is 2.16. The number of aliphatic hydroxyl groups is 1. The van der Waals surface area contributed by atoms with Crippen LogP contribution in [-0.2, 0) is 6.54 Å². The van der Waals surface area contributed by atoms with Crippen molar-refractivity contribution < 1.29 is 14.3 Å². The van der Waals surface area contributed by atoms with Crippen molar-refractivity contribution in [3.8, 4) is 5.75 Å². The molecule has 0 spiro atoms. The Balaban J connectivity index is 1.68. The summed E-state index contributed by atoms with van der Waals surface area (Å²) in [4.78, 5) is 0. The second kappa shape index (κ2) is 7.12. The Bertz CT molecular complexity index is 536. The minimum atomic E-state index is -0.550. The standard InChI is InChI=1S/C16H21NO3/c1-12-5-3-4-6-16(12)19-11-14(18)9-17-10-15-8-7-13(2)20-15/h3-8,14,17-18H,9-11H2,1-2H3. The highest BCUT2D eigenvalue weighted by atomic mass is 16.5. The molecule has 2 aromatic rings. The molecule has 1 unspecified atom stereocenters. The van der Waals surface area contributed by atoms with E-state index in [2.05, 4.69) is 5.32 Å². The SMILES string of the molecule is Cc1ccc(CNCC(O)COc2ccccc2C)o1.